The number of anilines is 1. The molecule has 0 aliphatic heterocycles. The van der Waals surface area contributed by atoms with E-state index < -0.39 is 22.2 Å². The highest BCUT2D eigenvalue weighted by atomic mass is 35.5. The van der Waals surface area contributed by atoms with Crippen LogP contribution in [0.2, 0.25) is 5.02 Å². The first kappa shape index (κ1) is 22.1. The van der Waals surface area contributed by atoms with Crippen LogP contribution in [-0.2, 0) is 20.4 Å². The standard InChI is InChI=1S/C21H23ClFN3O3S/c1-3-21(20(27)24-13-12-23,15-7-9-16(22)10-8-15)26-14-11-17-18(25-30(2,28)29)5-4-6-19(17)26/h4-11,14,25H,3,12-13H2,1-2H3,(H,24,27). The van der Waals surface area contributed by atoms with Crippen molar-refractivity contribution < 1.29 is 17.6 Å². The average molecular weight is 452 g/mol. The third kappa shape index (κ3) is 4.15. The highest BCUT2D eigenvalue weighted by Crippen LogP contribution is 2.37. The first-order chi connectivity index (χ1) is 14.2. The topological polar surface area (TPSA) is 80.2 Å². The predicted octanol–water partition coefficient (Wildman–Crippen LogP) is 3.91. The van der Waals surface area contributed by atoms with E-state index in [0.717, 1.165) is 6.26 Å². The third-order valence-electron chi connectivity index (χ3n) is 5.03. The Balaban J connectivity index is 2.26. The molecule has 0 saturated heterocycles. The number of nitrogens with one attached hydrogen (secondary N) is 2. The van der Waals surface area contributed by atoms with Gasteiger partial charge in [-0.05, 0) is 42.3 Å². The van der Waals surface area contributed by atoms with E-state index in [1.807, 2.05) is 13.0 Å². The van der Waals surface area contributed by atoms with E-state index in [1.54, 1.807) is 53.2 Å². The Hall–Kier alpha value is -2.58. The first-order valence-electron chi connectivity index (χ1n) is 9.41. The number of carbonyl (C=O) groups excluding carboxylic acids is 1. The quantitative estimate of drug-likeness (QED) is 0.545. The molecule has 0 radical (unpaired) electrons. The van der Waals surface area contributed by atoms with Crippen LogP contribution in [0.3, 0.4) is 0 Å². The van der Waals surface area contributed by atoms with Crippen LogP contribution >= 0.6 is 11.6 Å². The minimum absolute atomic E-state index is 0.103. The van der Waals surface area contributed by atoms with Crippen molar-refractivity contribution in [3.63, 3.8) is 0 Å². The summed E-state index contributed by atoms with van der Waals surface area (Å²) in [6.45, 7) is 1.09. The zero-order chi connectivity index (χ0) is 21.9. The summed E-state index contributed by atoms with van der Waals surface area (Å²) in [5, 5.41) is 3.84. The number of sulfonamides is 1. The monoisotopic (exact) mass is 451 g/mol. The molecule has 1 heterocycles. The Morgan fingerprint density at radius 2 is 1.87 bits per heavy atom. The highest BCUT2D eigenvalue weighted by Gasteiger charge is 2.41. The van der Waals surface area contributed by atoms with Gasteiger partial charge in [0.1, 0.15) is 12.2 Å². The smallest absolute Gasteiger partial charge is 0.250 e. The van der Waals surface area contributed by atoms with Crippen LogP contribution < -0.4 is 10.0 Å². The largest absolute Gasteiger partial charge is 0.351 e. The molecule has 1 aromatic heterocycles. The van der Waals surface area contributed by atoms with Gasteiger partial charge in [-0.1, -0.05) is 36.7 Å². The number of alkyl halides is 1. The number of hydrogen-bond acceptors (Lipinski definition) is 3. The molecule has 2 N–H and O–H groups in total. The van der Waals surface area contributed by atoms with Crippen molar-refractivity contribution in [1.82, 2.24) is 9.88 Å². The highest BCUT2D eigenvalue weighted by molar-refractivity contribution is 7.92. The fourth-order valence-corrected chi connectivity index (χ4v) is 4.44. The van der Waals surface area contributed by atoms with Crippen molar-refractivity contribution in [1.29, 1.82) is 0 Å². The van der Waals surface area contributed by atoms with E-state index >= 15 is 0 Å². The van der Waals surface area contributed by atoms with Crippen LogP contribution in [0.1, 0.15) is 18.9 Å². The summed E-state index contributed by atoms with van der Waals surface area (Å²) in [4.78, 5) is 13.4. The number of benzene rings is 2. The normalized spacial score (nSPS) is 13.7. The summed E-state index contributed by atoms with van der Waals surface area (Å²) >= 11 is 6.05. The van der Waals surface area contributed by atoms with E-state index in [0.29, 0.717) is 33.6 Å². The van der Waals surface area contributed by atoms with E-state index in [1.165, 1.54) is 0 Å². The number of amides is 1. The van der Waals surface area contributed by atoms with Gasteiger partial charge in [0, 0.05) is 23.2 Å². The second-order valence-corrected chi connectivity index (χ2v) is 9.15. The van der Waals surface area contributed by atoms with Crippen LogP contribution in [0.5, 0.6) is 0 Å². The molecule has 3 aromatic rings. The number of hydrogen-bond donors (Lipinski definition) is 2. The van der Waals surface area contributed by atoms with Gasteiger partial charge < -0.3 is 9.88 Å². The van der Waals surface area contributed by atoms with E-state index in [9.17, 15) is 17.6 Å². The van der Waals surface area contributed by atoms with Gasteiger partial charge in [0.15, 0.2) is 0 Å². The Kier molecular flexibility index (Phi) is 6.38. The molecule has 0 saturated carbocycles. The molecule has 0 spiro atoms. The van der Waals surface area contributed by atoms with Crippen LogP contribution in [0.4, 0.5) is 10.1 Å². The number of nitrogens with zero attached hydrogens (tertiary/aromatic N) is 1. The second-order valence-electron chi connectivity index (χ2n) is 6.96. The maximum atomic E-state index is 13.4. The molecule has 1 unspecified atom stereocenters. The number of rotatable bonds is 8. The summed E-state index contributed by atoms with van der Waals surface area (Å²) in [6, 6.07) is 13.9. The molecule has 0 fully saturated rings. The van der Waals surface area contributed by atoms with Gasteiger partial charge in [-0.25, -0.2) is 12.8 Å². The van der Waals surface area contributed by atoms with Crippen molar-refractivity contribution in [2.24, 2.45) is 0 Å². The Bertz CT molecular complexity index is 1160. The zero-order valence-electron chi connectivity index (χ0n) is 16.7. The lowest BCUT2D eigenvalue weighted by Crippen LogP contribution is -2.49. The summed E-state index contributed by atoms with van der Waals surface area (Å²) in [6.07, 6.45) is 3.20. The van der Waals surface area contributed by atoms with Crippen molar-refractivity contribution in [3.05, 3.63) is 65.3 Å². The molecule has 9 heteroatoms. The van der Waals surface area contributed by atoms with Crippen LogP contribution in [0, 0.1) is 0 Å². The van der Waals surface area contributed by atoms with Crippen LogP contribution in [0.25, 0.3) is 10.9 Å². The van der Waals surface area contributed by atoms with E-state index in [2.05, 4.69) is 10.0 Å². The molecule has 1 atom stereocenters. The van der Waals surface area contributed by atoms with Gasteiger partial charge in [-0.3, -0.25) is 9.52 Å². The molecule has 3 rings (SSSR count). The molecule has 2 aromatic carbocycles. The minimum atomic E-state index is -3.48. The van der Waals surface area contributed by atoms with Crippen molar-refractivity contribution in [3.8, 4) is 0 Å². The predicted molar refractivity (Wildman–Crippen MR) is 118 cm³/mol. The van der Waals surface area contributed by atoms with E-state index in [4.69, 9.17) is 11.6 Å². The molecule has 6 nitrogen and oxygen atoms in total. The molecule has 0 aliphatic rings. The lowest BCUT2D eigenvalue weighted by Gasteiger charge is -2.34. The maximum absolute atomic E-state index is 13.4. The second kappa shape index (κ2) is 8.65. The van der Waals surface area contributed by atoms with Gasteiger partial charge in [-0.15, -0.1) is 0 Å². The number of carbonyl (C=O) groups is 1. The summed E-state index contributed by atoms with van der Waals surface area (Å²) in [5.74, 6) is -0.357. The van der Waals surface area contributed by atoms with Crippen molar-refractivity contribution in [2.45, 2.75) is 18.9 Å². The Labute approximate surface area is 180 Å². The number of aromatic nitrogens is 1. The number of halogens is 2. The Morgan fingerprint density at radius 1 is 1.17 bits per heavy atom. The van der Waals surface area contributed by atoms with E-state index in [-0.39, 0.29) is 12.5 Å². The first-order valence-corrected chi connectivity index (χ1v) is 11.7. The van der Waals surface area contributed by atoms with Crippen LogP contribution in [-0.4, -0.2) is 38.4 Å². The van der Waals surface area contributed by atoms with Gasteiger partial charge in [-0.2, -0.15) is 0 Å². The van der Waals surface area contributed by atoms with Gasteiger partial charge in [0.25, 0.3) is 5.91 Å². The molecular formula is C21H23ClFN3O3S. The fraction of sp³-hybridized carbons (Fsp3) is 0.286. The summed E-state index contributed by atoms with van der Waals surface area (Å²) < 4.78 is 40.6. The van der Waals surface area contributed by atoms with Gasteiger partial charge in [0.2, 0.25) is 10.0 Å². The molecule has 160 valence electrons. The fourth-order valence-electron chi connectivity index (χ4n) is 3.74. The minimum Gasteiger partial charge on any atom is -0.351 e. The molecular weight excluding hydrogens is 429 g/mol. The van der Waals surface area contributed by atoms with Gasteiger partial charge >= 0.3 is 0 Å². The SMILES string of the molecule is CCC(C(=O)NCCF)(c1ccc(Cl)cc1)n1ccc2c(NS(C)(=O)=O)cccc21. The summed E-state index contributed by atoms with van der Waals surface area (Å²) in [5.41, 5.74) is 0.588. The summed E-state index contributed by atoms with van der Waals surface area (Å²) in [7, 11) is -3.48. The zero-order valence-corrected chi connectivity index (χ0v) is 18.2. The number of fused-ring (bicyclic) bond motifs is 1. The lowest BCUT2D eigenvalue weighted by molar-refractivity contribution is -0.128. The molecule has 0 bridgehead atoms. The molecule has 30 heavy (non-hydrogen) atoms. The molecule has 1 amide bonds. The van der Waals surface area contributed by atoms with Crippen molar-refractivity contribution in [2.75, 3.05) is 24.2 Å². The third-order valence-corrected chi connectivity index (χ3v) is 5.87. The maximum Gasteiger partial charge on any atom is 0.250 e. The van der Waals surface area contributed by atoms with Crippen molar-refractivity contribution >= 4 is 44.1 Å². The average Bonchev–Trinajstić information content (AvgIpc) is 3.13. The van der Waals surface area contributed by atoms with Gasteiger partial charge in [0.05, 0.1) is 17.5 Å². The lowest BCUT2D eigenvalue weighted by atomic mass is 9.85. The van der Waals surface area contributed by atoms with Crippen LogP contribution in [0.15, 0.2) is 54.7 Å². The Morgan fingerprint density at radius 3 is 2.47 bits per heavy atom. The molecule has 0 aliphatic carbocycles.